The summed E-state index contributed by atoms with van der Waals surface area (Å²) in [6.07, 6.45) is 3.48. The molecule has 1 saturated heterocycles. The molecule has 1 atom stereocenters. The highest BCUT2D eigenvalue weighted by Gasteiger charge is 2.27. The van der Waals surface area contributed by atoms with Crippen LogP contribution in [0, 0.1) is 5.92 Å². The number of furan rings is 1. The quantitative estimate of drug-likeness (QED) is 0.716. The fraction of sp³-hybridized carbons (Fsp3) is 0.389. The van der Waals surface area contributed by atoms with E-state index in [0.717, 1.165) is 30.0 Å². The summed E-state index contributed by atoms with van der Waals surface area (Å²) in [6.45, 7) is 2.62. The Labute approximate surface area is 155 Å². The van der Waals surface area contributed by atoms with Gasteiger partial charge >= 0.3 is 0 Å². The van der Waals surface area contributed by atoms with Crippen molar-refractivity contribution in [1.82, 2.24) is 20.4 Å². The van der Waals surface area contributed by atoms with Gasteiger partial charge in [-0.3, -0.25) is 9.69 Å². The molecule has 0 unspecified atom stereocenters. The van der Waals surface area contributed by atoms with Crippen LogP contribution in [0.25, 0.3) is 10.7 Å². The lowest BCUT2D eigenvalue weighted by Gasteiger charge is -2.30. The molecule has 4 rings (SSSR count). The van der Waals surface area contributed by atoms with E-state index in [1.165, 1.54) is 0 Å². The van der Waals surface area contributed by atoms with Gasteiger partial charge in [0.15, 0.2) is 0 Å². The molecular formula is C18H20N4O3S. The van der Waals surface area contributed by atoms with Gasteiger partial charge in [0.05, 0.1) is 30.1 Å². The van der Waals surface area contributed by atoms with E-state index in [-0.39, 0.29) is 11.8 Å². The Morgan fingerprint density at radius 1 is 1.38 bits per heavy atom. The number of rotatable bonds is 6. The van der Waals surface area contributed by atoms with Crippen LogP contribution in [0.2, 0.25) is 0 Å². The molecule has 3 aromatic heterocycles. The molecule has 0 saturated carbocycles. The second-order valence-electron chi connectivity index (χ2n) is 6.36. The summed E-state index contributed by atoms with van der Waals surface area (Å²) in [5, 5.41) is 8.98. The van der Waals surface area contributed by atoms with Crippen LogP contribution in [-0.2, 0) is 17.9 Å². The largest absolute Gasteiger partial charge is 0.467 e. The third-order valence-corrected chi connectivity index (χ3v) is 5.33. The summed E-state index contributed by atoms with van der Waals surface area (Å²) < 4.78 is 10.6. The summed E-state index contributed by atoms with van der Waals surface area (Å²) in [5.41, 5.74) is 0. The monoisotopic (exact) mass is 372 g/mol. The lowest BCUT2D eigenvalue weighted by Crippen LogP contribution is -2.42. The van der Waals surface area contributed by atoms with Crippen LogP contribution in [0.4, 0.5) is 0 Å². The van der Waals surface area contributed by atoms with E-state index in [1.54, 1.807) is 17.6 Å². The fourth-order valence-corrected chi connectivity index (χ4v) is 3.81. The number of nitrogens with one attached hydrogen (secondary N) is 1. The van der Waals surface area contributed by atoms with Crippen LogP contribution in [0.15, 0.2) is 44.8 Å². The van der Waals surface area contributed by atoms with E-state index in [2.05, 4.69) is 20.4 Å². The number of hydrogen-bond acceptors (Lipinski definition) is 7. The molecule has 1 aliphatic heterocycles. The topological polar surface area (TPSA) is 84.4 Å². The number of carbonyl (C=O) groups is 1. The zero-order chi connectivity index (χ0) is 17.8. The Bertz CT molecular complexity index is 829. The first kappa shape index (κ1) is 17.0. The van der Waals surface area contributed by atoms with Gasteiger partial charge < -0.3 is 14.3 Å². The molecule has 0 aromatic carbocycles. The van der Waals surface area contributed by atoms with Gasteiger partial charge in [-0.05, 0) is 43.0 Å². The smallest absolute Gasteiger partial charge is 0.241 e. The molecule has 0 aliphatic carbocycles. The first-order valence-electron chi connectivity index (χ1n) is 8.67. The normalized spacial score (nSPS) is 18.1. The molecule has 1 amide bonds. The summed E-state index contributed by atoms with van der Waals surface area (Å²) in [5.74, 6) is 2.01. The van der Waals surface area contributed by atoms with Crippen molar-refractivity contribution < 1.29 is 13.7 Å². The number of aromatic nitrogens is 2. The SMILES string of the molecule is O=C(NCc1ccco1)[C@H]1CCCN(Cc2nc(-c3cccs3)no2)C1. The van der Waals surface area contributed by atoms with E-state index in [0.29, 0.717) is 31.3 Å². The molecule has 7 nitrogen and oxygen atoms in total. The first-order chi connectivity index (χ1) is 12.8. The number of thiophene rings is 1. The van der Waals surface area contributed by atoms with Gasteiger partial charge in [0.1, 0.15) is 5.76 Å². The first-order valence-corrected chi connectivity index (χ1v) is 9.55. The van der Waals surface area contributed by atoms with E-state index < -0.39 is 0 Å². The van der Waals surface area contributed by atoms with Crippen molar-refractivity contribution in [1.29, 1.82) is 0 Å². The predicted octanol–water partition coefficient (Wildman–Crippen LogP) is 2.92. The van der Waals surface area contributed by atoms with Crippen LogP contribution in [0.1, 0.15) is 24.5 Å². The van der Waals surface area contributed by atoms with Crippen LogP contribution < -0.4 is 5.32 Å². The van der Waals surface area contributed by atoms with Crippen molar-refractivity contribution in [3.8, 4) is 10.7 Å². The number of likely N-dealkylation sites (tertiary alicyclic amines) is 1. The number of piperidine rings is 1. The molecule has 3 aromatic rings. The van der Waals surface area contributed by atoms with Crippen molar-refractivity contribution >= 4 is 17.2 Å². The van der Waals surface area contributed by atoms with Gasteiger partial charge in [-0.1, -0.05) is 11.2 Å². The molecule has 26 heavy (non-hydrogen) atoms. The van der Waals surface area contributed by atoms with E-state index in [1.807, 2.05) is 29.6 Å². The molecule has 1 aliphatic rings. The van der Waals surface area contributed by atoms with Crippen molar-refractivity contribution in [3.05, 3.63) is 47.6 Å². The Morgan fingerprint density at radius 3 is 3.15 bits per heavy atom. The van der Waals surface area contributed by atoms with Gasteiger partial charge in [0.25, 0.3) is 0 Å². The standard InChI is InChI=1S/C18H20N4O3S/c23-18(19-10-14-5-2-8-24-14)13-4-1-7-22(11-13)12-16-20-17(21-25-16)15-6-3-9-26-15/h2-3,5-6,8-9,13H,1,4,7,10-12H2,(H,19,23)/t13-/m0/s1. The molecule has 0 radical (unpaired) electrons. The Balaban J connectivity index is 1.31. The minimum Gasteiger partial charge on any atom is -0.467 e. The molecule has 1 N–H and O–H groups in total. The molecule has 4 heterocycles. The molecule has 8 heteroatoms. The Hall–Kier alpha value is -2.45. The summed E-state index contributed by atoms with van der Waals surface area (Å²) in [4.78, 5) is 20.1. The summed E-state index contributed by atoms with van der Waals surface area (Å²) >= 11 is 1.58. The highest BCUT2D eigenvalue weighted by molar-refractivity contribution is 7.13. The second-order valence-corrected chi connectivity index (χ2v) is 7.31. The molecule has 0 spiro atoms. The lowest BCUT2D eigenvalue weighted by molar-refractivity contribution is -0.127. The number of hydrogen-bond donors (Lipinski definition) is 1. The van der Waals surface area contributed by atoms with Crippen molar-refractivity contribution in [2.75, 3.05) is 13.1 Å². The van der Waals surface area contributed by atoms with E-state index in [9.17, 15) is 4.79 Å². The molecule has 1 fully saturated rings. The van der Waals surface area contributed by atoms with Crippen LogP contribution in [0.5, 0.6) is 0 Å². The van der Waals surface area contributed by atoms with Gasteiger partial charge in [-0.2, -0.15) is 4.98 Å². The molecule has 0 bridgehead atoms. The van der Waals surface area contributed by atoms with Gasteiger partial charge in [0.2, 0.25) is 17.6 Å². The van der Waals surface area contributed by atoms with Crippen LogP contribution in [0.3, 0.4) is 0 Å². The maximum atomic E-state index is 12.4. The average Bonchev–Trinajstić information content (AvgIpc) is 3.41. The third-order valence-electron chi connectivity index (χ3n) is 4.46. The second kappa shape index (κ2) is 7.84. The minimum atomic E-state index is -0.0293. The van der Waals surface area contributed by atoms with Crippen molar-refractivity contribution in [2.45, 2.75) is 25.9 Å². The van der Waals surface area contributed by atoms with Gasteiger partial charge in [-0.15, -0.1) is 11.3 Å². The number of carbonyl (C=O) groups excluding carboxylic acids is 1. The van der Waals surface area contributed by atoms with Gasteiger partial charge in [0, 0.05) is 6.54 Å². The average molecular weight is 372 g/mol. The van der Waals surface area contributed by atoms with Crippen LogP contribution >= 0.6 is 11.3 Å². The minimum absolute atomic E-state index is 0.0293. The zero-order valence-electron chi connectivity index (χ0n) is 14.3. The van der Waals surface area contributed by atoms with E-state index in [4.69, 9.17) is 8.94 Å². The highest BCUT2D eigenvalue weighted by atomic mass is 32.1. The molecule has 136 valence electrons. The maximum Gasteiger partial charge on any atom is 0.241 e. The summed E-state index contributed by atoms with van der Waals surface area (Å²) in [6, 6.07) is 7.61. The van der Waals surface area contributed by atoms with E-state index >= 15 is 0 Å². The summed E-state index contributed by atoms with van der Waals surface area (Å²) in [7, 11) is 0. The third kappa shape index (κ3) is 4.03. The van der Waals surface area contributed by atoms with Gasteiger partial charge in [-0.25, -0.2) is 0 Å². The maximum absolute atomic E-state index is 12.4. The fourth-order valence-electron chi connectivity index (χ4n) is 3.16. The Morgan fingerprint density at radius 2 is 2.35 bits per heavy atom. The lowest BCUT2D eigenvalue weighted by atomic mass is 9.97. The van der Waals surface area contributed by atoms with Crippen molar-refractivity contribution in [3.63, 3.8) is 0 Å². The number of amides is 1. The van der Waals surface area contributed by atoms with Crippen LogP contribution in [-0.4, -0.2) is 34.0 Å². The number of nitrogens with zero attached hydrogens (tertiary/aromatic N) is 3. The Kier molecular flexibility index (Phi) is 5.12. The molecular weight excluding hydrogens is 352 g/mol. The highest BCUT2D eigenvalue weighted by Crippen LogP contribution is 2.23. The predicted molar refractivity (Wildman–Crippen MR) is 96.2 cm³/mol. The zero-order valence-corrected chi connectivity index (χ0v) is 15.1. The van der Waals surface area contributed by atoms with Crippen molar-refractivity contribution in [2.24, 2.45) is 5.92 Å².